The van der Waals surface area contributed by atoms with E-state index in [0.717, 1.165) is 30.2 Å². The van der Waals surface area contributed by atoms with E-state index in [4.69, 9.17) is 0 Å². The summed E-state index contributed by atoms with van der Waals surface area (Å²) in [6.07, 6.45) is 5.32. The highest BCUT2D eigenvalue weighted by molar-refractivity contribution is 7.14. The Morgan fingerprint density at radius 2 is 2.22 bits per heavy atom. The van der Waals surface area contributed by atoms with Crippen molar-refractivity contribution in [1.82, 2.24) is 10.3 Å². The summed E-state index contributed by atoms with van der Waals surface area (Å²) in [4.78, 5) is 30.3. The molecular weight excluding hydrogens is 310 g/mol. The molecule has 1 saturated carbocycles. The van der Waals surface area contributed by atoms with Gasteiger partial charge in [-0.05, 0) is 24.7 Å². The molecule has 1 aromatic heterocycles. The van der Waals surface area contributed by atoms with Crippen LogP contribution in [0.3, 0.4) is 0 Å². The van der Waals surface area contributed by atoms with E-state index in [2.05, 4.69) is 24.1 Å². The zero-order valence-corrected chi connectivity index (χ0v) is 14.7. The minimum atomic E-state index is 0.0422. The van der Waals surface area contributed by atoms with Crippen LogP contribution in [0.1, 0.15) is 51.6 Å². The SMILES string of the molecule is C[C@@H]1[C@H](C)CCC[C@H]1NC(=O)Cc1csc(N2CCCC2=O)n1. The van der Waals surface area contributed by atoms with Crippen molar-refractivity contribution in [2.45, 2.75) is 58.4 Å². The summed E-state index contributed by atoms with van der Waals surface area (Å²) in [5.74, 6) is 1.38. The van der Waals surface area contributed by atoms with Gasteiger partial charge < -0.3 is 5.32 Å². The van der Waals surface area contributed by atoms with Crippen LogP contribution in [0.15, 0.2) is 5.38 Å². The van der Waals surface area contributed by atoms with E-state index in [1.807, 2.05) is 5.38 Å². The quantitative estimate of drug-likeness (QED) is 0.920. The largest absolute Gasteiger partial charge is 0.353 e. The number of aromatic nitrogens is 1. The maximum Gasteiger partial charge on any atom is 0.228 e. The fourth-order valence-corrected chi connectivity index (χ4v) is 4.43. The van der Waals surface area contributed by atoms with Gasteiger partial charge in [0.2, 0.25) is 11.8 Å². The molecule has 2 fully saturated rings. The van der Waals surface area contributed by atoms with Crippen molar-refractivity contribution in [1.29, 1.82) is 0 Å². The molecular formula is C17H25N3O2S. The van der Waals surface area contributed by atoms with Crippen molar-refractivity contribution in [2.75, 3.05) is 11.4 Å². The van der Waals surface area contributed by atoms with E-state index in [9.17, 15) is 9.59 Å². The fourth-order valence-electron chi connectivity index (χ4n) is 3.56. The number of amides is 2. The summed E-state index contributed by atoms with van der Waals surface area (Å²) in [6, 6.07) is 0.282. The average Bonchev–Trinajstić information content (AvgIpc) is 3.12. The Labute approximate surface area is 141 Å². The lowest BCUT2D eigenvalue weighted by Gasteiger charge is -2.34. The van der Waals surface area contributed by atoms with Crippen LogP contribution in [0.4, 0.5) is 5.13 Å². The van der Waals surface area contributed by atoms with Crippen molar-refractivity contribution >= 4 is 28.3 Å². The van der Waals surface area contributed by atoms with Gasteiger partial charge in [-0.3, -0.25) is 14.5 Å². The van der Waals surface area contributed by atoms with Crippen molar-refractivity contribution in [3.05, 3.63) is 11.1 Å². The number of anilines is 1. The third-order valence-electron chi connectivity index (χ3n) is 5.24. The lowest BCUT2D eigenvalue weighted by Crippen LogP contribution is -2.44. The van der Waals surface area contributed by atoms with Gasteiger partial charge in [0.1, 0.15) is 0 Å². The first-order valence-corrected chi connectivity index (χ1v) is 9.46. The Balaban J connectivity index is 1.56. The zero-order chi connectivity index (χ0) is 16.4. The lowest BCUT2D eigenvalue weighted by atomic mass is 9.78. The molecule has 0 radical (unpaired) electrons. The van der Waals surface area contributed by atoms with Gasteiger partial charge in [-0.2, -0.15) is 0 Å². The number of nitrogens with zero attached hydrogens (tertiary/aromatic N) is 2. The first-order chi connectivity index (χ1) is 11.0. The van der Waals surface area contributed by atoms with Crippen LogP contribution in [0, 0.1) is 11.8 Å². The van der Waals surface area contributed by atoms with Crippen LogP contribution in [0.2, 0.25) is 0 Å². The molecule has 3 rings (SSSR count). The maximum atomic E-state index is 12.3. The van der Waals surface area contributed by atoms with Crippen LogP contribution in [-0.2, 0) is 16.0 Å². The molecule has 1 aromatic rings. The van der Waals surface area contributed by atoms with Gasteiger partial charge in [0.15, 0.2) is 5.13 Å². The molecule has 0 unspecified atom stereocenters. The van der Waals surface area contributed by atoms with Crippen LogP contribution in [0.5, 0.6) is 0 Å². The van der Waals surface area contributed by atoms with Crippen molar-refractivity contribution in [2.24, 2.45) is 11.8 Å². The normalized spacial score (nSPS) is 28.2. The Kier molecular flexibility index (Phi) is 4.99. The number of thiazole rings is 1. The molecule has 1 N–H and O–H groups in total. The Hall–Kier alpha value is -1.43. The summed E-state index contributed by atoms with van der Waals surface area (Å²) in [5.41, 5.74) is 0.763. The van der Waals surface area contributed by atoms with E-state index < -0.39 is 0 Å². The average molecular weight is 335 g/mol. The van der Waals surface area contributed by atoms with E-state index >= 15 is 0 Å². The van der Waals surface area contributed by atoms with E-state index in [1.54, 1.807) is 4.90 Å². The molecule has 1 aliphatic carbocycles. The van der Waals surface area contributed by atoms with E-state index in [1.165, 1.54) is 24.2 Å². The van der Waals surface area contributed by atoms with Gasteiger partial charge in [0, 0.05) is 24.4 Å². The highest BCUT2D eigenvalue weighted by atomic mass is 32.1. The highest BCUT2D eigenvalue weighted by Gasteiger charge is 2.28. The van der Waals surface area contributed by atoms with Crippen molar-refractivity contribution < 1.29 is 9.59 Å². The number of hydrogen-bond acceptors (Lipinski definition) is 4. The molecule has 2 amide bonds. The van der Waals surface area contributed by atoms with Crippen molar-refractivity contribution in [3.63, 3.8) is 0 Å². The molecule has 0 aromatic carbocycles. The smallest absolute Gasteiger partial charge is 0.228 e. The van der Waals surface area contributed by atoms with Gasteiger partial charge in [-0.1, -0.05) is 26.7 Å². The molecule has 0 spiro atoms. The molecule has 1 aliphatic heterocycles. The molecule has 1 saturated heterocycles. The Morgan fingerprint density at radius 3 is 2.96 bits per heavy atom. The Morgan fingerprint density at radius 1 is 1.39 bits per heavy atom. The number of carbonyl (C=O) groups is 2. The summed E-state index contributed by atoms with van der Waals surface area (Å²) in [7, 11) is 0. The zero-order valence-electron chi connectivity index (χ0n) is 13.9. The molecule has 0 bridgehead atoms. The predicted molar refractivity (Wildman–Crippen MR) is 91.5 cm³/mol. The number of nitrogens with one attached hydrogen (secondary N) is 1. The molecule has 6 heteroatoms. The molecule has 2 aliphatic rings. The minimum absolute atomic E-state index is 0.0422. The maximum absolute atomic E-state index is 12.3. The van der Waals surface area contributed by atoms with E-state index in [0.29, 0.717) is 24.7 Å². The highest BCUT2D eigenvalue weighted by Crippen LogP contribution is 2.30. The fraction of sp³-hybridized carbons (Fsp3) is 0.706. The first kappa shape index (κ1) is 16.4. The predicted octanol–water partition coefficient (Wildman–Crippen LogP) is 2.75. The molecule has 126 valence electrons. The van der Waals surface area contributed by atoms with Crippen molar-refractivity contribution in [3.8, 4) is 0 Å². The molecule has 5 nitrogen and oxygen atoms in total. The second-order valence-electron chi connectivity index (χ2n) is 6.89. The van der Waals surface area contributed by atoms with Crippen LogP contribution >= 0.6 is 11.3 Å². The van der Waals surface area contributed by atoms with Gasteiger partial charge in [0.05, 0.1) is 12.1 Å². The number of carbonyl (C=O) groups excluding carboxylic acids is 2. The van der Waals surface area contributed by atoms with E-state index in [-0.39, 0.29) is 17.9 Å². The summed E-state index contributed by atoms with van der Waals surface area (Å²) in [5, 5.41) is 5.81. The van der Waals surface area contributed by atoms with Gasteiger partial charge >= 0.3 is 0 Å². The van der Waals surface area contributed by atoms with Crippen LogP contribution in [-0.4, -0.2) is 29.4 Å². The topological polar surface area (TPSA) is 62.3 Å². The third kappa shape index (κ3) is 3.74. The van der Waals surface area contributed by atoms with Gasteiger partial charge in [-0.15, -0.1) is 11.3 Å². The standard InChI is InChI=1S/C17H25N3O2S/c1-11-5-3-6-14(12(11)2)19-15(21)9-13-10-23-17(18-13)20-8-4-7-16(20)22/h10-12,14H,3-9H2,1-2H3,(H,19,21)/t11-,12-,14-/m1/s1. The molecule has 2 heterocycles. The third-order valence-corrected chi connectivity index (χ3v) is 6.15. The minimum Gasteiger partial charge on any atom is -0.353 e. The summed E-state index contributed by atoms with van der Waals surface area (Å²) < 4.78 is 0. The second kappa shape index (κ2) is 6.99. The van der Waals surface area contributed by atoms with Crippen LogP contribution in [0.25, 0.3) is 0 Å². The lowest BCUT2D eigenvalue weighted by molar-refractivity contribution is -0.122. The summed E-state index contributed by atoms with van der Waals surface area (Å²) >= 11 is 1.45. The molecule has 3 atom stereocenters. The van der Waals surface area contributed by atoms with Gasteiger partial charge in [0.25, 0.3) is 0 Å². The molecule has 23 heavy (non-hydrogen) atoms. The Bertz CT molecular complexity index is 586. The van der Waals surface area contributed by atoms with Crippen LogP contribution < -0.4 is 10.2 Å². The first-order valence-electron chi connectivity index (χ1n) is 8.58. The second-order valence-corrected chi connectivity index (χ2v) is 7.72. The number of rotatable bonds is 4. The number of hydrogen-bond donors (Lipinski definition) is 1. The van der Waals surface area contributed by atoms with Gasteiger partial charge in [-0.25, -0.2) is 4.98 Å². The summed E-state index contributed by atoms with van der Waals surface area (Å²) in [6.45, 7) is 5.24. The monoisotopic (exact) mass is 335 g/mol.